The molecule has 1 saturated heterocycles. The maximum absolute atomic E-state index is 11.5. The van der Waals surface area contributed by atoms with Gasteiger partial charge in [0.1, 0.15) is 12.4 Å². The van der Waals surface area contributed by atoms with E-state index in [1.54, 1.807) is 0 Å². The largest absolute Gasteiger partial charge is 0.492 e. The first-order valence-electron chi connectivity index (χ1n) is 11.6. The van der Waals surface area contributed by atoms with E-state index < -0.39 is 0 Å². The molecule has 2 aromatic carbocycles. The van der Waals surface area contributed by atoms with Crippen LogP contribution in [0.5, 0.6) is 5.75 Å². The van der Waals surface area contributed by atoms with Crippen molar-refractivity contribution in [2.24, 2.45) is 0 Å². The van der Waals surface area contributed by atoms with Crippen LogP contribution in [-0.4, -0.2) is 60.0 Å². The van der Waals surface area contributed by atoms with Gasteiger partial charge in [0.15, 0.2) is 0 Å². The van der Waals surface area contributed by atoms with Crippen molar-refractivity contribution in [3.8, 4) is 5.75 Å². The fraction of sp³-hybridized carbons (Fsp3) is 0.385. The second kappa shape index (κ2) is 9.67. The normalized spacial score (nSPS) is 17.6. The highest BCUT2D eigenvalue weighted by Gasteiger charge is 2.17. The summed E-state index contributed by atoms with van der Waals surface area (Å²) in [5.41, 5.74) is 4.30. The molecule has 1 N–H and O–H groups in total. The zero-order valence-corrected chi connectivity index (χ0v) is 18.4. The van der Waals surface area contributed by atoms with Gasteiger partial charge in [0.2, 0.25) is 5.91 Å². The molecule has 0 aliphatic carbocycles. The first-order valence-corrected chi connectivity index (χ1v) is 11.6. The lowest BCUT2D eigenvalue weighted by Crippen LogP contribution is -2.33. The molecule has 32 heavy (non-hydrogen) atoms. The van der Waals surface area contributed by atoms with Crippen molar-refractivity contribution in [3.63, 3.8) is 0 Å². The van der Waals surface area contributed by atoms with Crippen molar-refractivity contribution < 1.29 is 9.53 Å². The van der Waals surface area contributed by atoms with Crippen LogP contribution in [0.2, 0.25) is 0 Å². The molecule has 6 nitrogen and oxygen atoms in total. The van der Waals surface area contributed by atoms with E-state index in [9.17, 15) is 4.79 Å². The molecule has 6 heteroatoms. The van der Waals surface area contributed by atoms with Gasteiger partial charge in [-0.05, 0) is 61.8 Å². The van der Waals surface area contributed by atoms with Gasteiger partial charge < -0.3 is 10.1 Å². The molecule has 0 bridgehead atoms. The highest BCUT2D eigenvalue weighted by molar-refractivity contribution is 5.94. The van der Waals surface area contributed by atoms with Crippen LogP contribution in [0.15, 0.2) is 54.6 Å². The van der Waals surface area contributed by atoms with Gasteiger partial charge in [-0.1, -0.05) is 24.3 Å². The molecule has 0 saturated carbocycles. The van der Waals surface area contributed by atoms with Gasteiger partial charge in [0.25, 0.3) is 0 Å². The Morgan fingerprint density at radius 2 is 1.81 bits per heavy atom. The highest BCUT2D eigenvalue weighted by atomic mass is 16.5. The average Bonchev–Trinajstić information content (AvgIpc) is 3.04. The third-order valence-electron chi connectivity index (χ3n) is 6.37. The molecule has 0 unspecified atom stereocenters. The van der Waals surface area contributed by atoms with E-state index in [2.05, 4.69) is 51.5 Å². The van der Waals surface area contributed by atoms with Crippen LogP contribution >= 0.6 is 0 Å². The second-order valence-electron chi connectivity index (χ2n) is 8.68. The van der Waals surface area contributed by atoms with Crippen LogP contribution in [-0.2, 0) is 17.8 Å². The lowest BCUT2D eigenvalue weighted by atomic mass is 10.0. The van der Waals surface area contributed by atoms with Gasteiger partial charge in [0, 0.05) is 43.7 Å². The summed E-state index contributed by atoms with van der Waals surface area (Å²) in [5, 5.41) is 4.12. The molecule has 3 heterocycles. The fourth-order valence-electron chi connectivity index (χ4n) is 4.57. The zero-order chi connectivity index (χ0) is 21.8. The molecule has 3 aromatic rings. The third-order valence-corrected chi connectivity index (χ3v) is 6.37. The molecule has 2 aliphatic rings. The van der Waals surface area contributed by atoms with Crippen molar-refractivity contribution in [2.75, 3.05) is 44.6 Å². The average molecular weight is 431 g/mol. The minimum Gasteiger partial charge on any atom is -0.492 e. The number of ether oxygens (including phenoxy) is 1. The Balaban J connectivity index is 1.09. The summed E-state index contributed by atoms with van der Waals surface area (Å²) < 4.78 is 6.03. The number of nitrogens with one attached hydrogen (secondary N) is 1. The number of fused-ring (bicyclic) bond motifs is 2. The van der Waals surface area contributed by atoms with E-state index in [0.717, 1.165) is 80.3 Å². The Morgan fingerprint density at radius 3 is 2.78 bits per heavy atom. The van der Waals surface area contributed by atoms with E-state index in [1.807, 2.05) is 18.2 Å². The topological polar surface area (TPSA) is 57.7 Å². The maximum Gasteiger partial charge on any atom is 0.224 e. The number of aromatic nitrogens is 1. The minimum absolute atomic E-state index is 0.0952. The van der Waals surface area contributed by atoms with Crippen molar-refractivity contribution in [2.45, 2.75) is 25.8 Å². The van der Waals surface area contributed by atoms with E-state index in [1.165, 1.54) is 5.39 Å². The summed E-state index contributed by atoms with van der Waals surface area (Å²) in [6, 6.07) is 18.6. The van der Waals surface area contributed by atoms with Crippen LogP contribution in [0.4, 0.5) is 5.69 Å². The number of carbonyl (C=O) groups is 1. The van der Waals surface area contributed by atoms with Crippen LogP contribution in [0.1, 0.15) is 24.1 Å². The Kier molecular flexibility index (Phi) is 6.32. The van der Waals surface area contributed by atoms with Gasteiger partial charge in [-0.3, -0.25) is 19.6 Å². The molecule has 2 aliphatic heterocycles. The molecule has 1 aromatic heterocycles. The van der Waals surface area contributed by atoms with Gasteiger partial charge in [-0.25, -0.2) is 0 Å². The molecule has 0 radical (unpaired) electrons. The molecular formula is C26H30N4O2. The molecule has 0 spiro atoms. The summed E-state index contributed by atoms with van der Waals surface area (Å²) in [5.74, 6) is 0.983. The highest BCUT2D eigenvalue weighted by Crippen LogP contribution is 2.26. The standard InChI is InChI=1S/C26H30N4O2/c31-26-11-7-21-18-23(9-10-25(21)28-26)32-17-16-29-12-3-13-30(15-14-29)19-22-8-6-20-4-1-2-5-24(20)27-22/h1-2,4-6,8-10,18H,3,7,11-17,19H2,(H,28,31). The van der Waals surface area contributed by atoms with Crippen molar-refractivity contribution in [1.82, 2.24) is 14.8 Å². The number of amides is 1. The number of rotatable bonds is 6. The van der Waals surface area contributed by atoms with Crippen molar-refractivity contribution >= 4 is 22.5 Å². The third kappa shape index (κ3) is 5.09. The summed E-state index contributed by atoms with van der Waals surface area (Å²) in [6.45, 7) is 6.80. The number of nitrogens with zero attached hydrogens (tertiary/aromatic N) is 3. The van der Waals surface area contributed by atoms with Gasteiger partial charge in [0.05, 0.1) is 11.2 Å². The van der Waals surface area contributed by atoms with Crippen LogP contribution in [0, 0.1) is 0 Å². The number of pyridine rings is 1. The van der Waals surface area contributed by atoms with Crippen LogP contribution in [0.3, 0.4) is 0 Å². The molecule has 1 amide bonds. The SMILES string of the molecule is O=C1CCc2cc(OCCN3CCCN(Cc4ccc5ccccc5n4)CC3)ccc2N1. The Bertz CT molecular complexity index is 1100. The molecule has 166 valence electrons. The van der Waals surface area contributed by atoms with Crippen molar-refractivity contribution in [3.05, 3.63) is 65.9 Å². The number of para-hydroxylation sites is 1. The van der Waals surface area contributed by atoms with E-state index in [4.69, 9.17) is 9.72 Å². The number of anilines is 1. The van der Waals surface area contributed by atoms with Crippen LogP contribution < -0.4 is 10.1 Å². The quantitative estimate of drug-likeness (QED) is 0.646. The monoisotopic (exact) mass is 430 g/mol. The van der Waals surface area contributed by atoms with Crippen LogP contribution in [0.25, 0.3) is 10.9 Å². The number of benzene rings is 2. The first kappa shape index (κ1) is 20.9. The maximum atomic E-state index is 11.5. The van der Waals surface area contributed by atoms with E-state index in [-0.39, 0.29) is 5.91 Å². The predicted molar refractivity (Wildman–Crippen MR) is 127 cm³/mol. The van der Waals surface area contributed by atoms with E-state index >= 15 is 0 Å². The fourth-order valence-corrected chi connectivity index (χ4v) is 4.57. The van der Waals surface area contributed by atoms with Gasteiger partial charge in [-0.2, -0.15) is 0 Å². The Labute approximate surface area is 189 Å². The zero-order valence-electron chi connectivity index (χ0n) is 18.4. The van der Waals surface area contributed by atoms with Gasteiger partial charge >= 0.3 is 0 Å². The number of aryl methyl sites for hydroxylation is 1. The van der Waals surface area contributed by atoms with E-state index in [0.29, 0.717) is 13.0 Å². The second-order valence-corrected chi connectivity index (χ2v) is 8.68. The Morgan fingerprint density at radius 1 is 0.938 bits per heavy atom. The minimum atomic E-state index is 0.0952. The summed E-state index contributed by atoms with van der Waals surface area (Å²) in [4.78, 5) is 21.3. The summed E-state index contributed by atoms with van der Waals surface area (Å²) in [6.07, 6.45) is 2.49. The molecular weight excluding hydrogens is 400 g/mol. The first-order chi connectivity index (χ1) is 15.7. The summed E-state index contributed by atoms with van der Waals surface area (Å²) in [7, 11) is 0. The lowest BCUT2D eigenvalue weighted by Gasteiger charge is -2.22. The summed E-state index contributed by atoms with van der Waals surface area (Å²) >= 11 is 0. The van der Waals surface area contributed by atoms with Gasteiger partial charge in [-0.15, -0.1) is 0 Å². The lowest BCUT2D eigenvalue weighted by molar-refractivity contribution is -0.116. The predicted octanol–water partition coefficient (Wildman–Crippen LogP) is 3.71. The molecule has 5 rings (SSSR count). The molecule has 1 fully saturated rings. The number of carbonyl (C=O) groups excluding carboxylic acids is 1. The van der Waals surface area contributed by atoms with Crippen molar-refractivity contribution in [1.29, 1.82) is 0 Å². The molecule has 0 atom stereocenters. The Hall–Kier alpha value is -2.96. The number of hydrogen-bond acceptors (Lipinski definition) is 5. The smallest absolute Gasteiger partial charge is 0.224 e. The number of hydrogen-bond donors (Lipinski definition) is 1.